The van der Waals surface area contributed by atoms with Crippen LogP contribution in [0.25, 0.3) is 65.4 Å². The summed E-state index contributed by atoms with van der Waals surface area (Å²) in [4.78, 5) is 2.29. The molecule has 2 heterocycles. The van der Waals surface area contributed by atoms with Crippen molar-refractivity contribution in [3.05, 3.63) is 138 Å². The third-order valence-corrected chi connectivity index (χ3v) is 8.59. The number of hydrogen-bond acceptors (Lipinski definition) is 3. The number of halogens is 1. The minimum absolute atomic E-state index is 0.678. The van der Waals surface area contributed by atoms with E-state index >= 15 is 0 Å². The predicted octanol–water partition coefficient (Wildman–Crippen LogP) is 11.9. The van der Waals surface area contributed by atoms with Gasteiger partial charge in [0.2, 0.25) is 0 Å². The molecule has 0 saturated carbocycles. The molecule has 0 aliphatic rings. The third kappa shape index (κ3) is 3.41. The topological polar surface area (TPSA) is 29.5 Å². The first-order chi connectivity index (χ1) is 20.7. The lowest BCUT2D eigenvalue weighted by Gasteiger charge is -2.26. The van der Waals surface area contributed by atoms with Crippen molar-refractivity contribution >= 4 is 94.1 Å². The zero-order chi connectivity index (χ0) is 27.8. The molecule has 0 bridgehead atoms. The highest BCUT2D eigenvalue weighted by Gasteiger charge is 2.23. The van der Waals surface area contributed by atoms with Gasteiger partial charge in [0.1, 0.15) is 16.7 Å². The Labute approximate surface area is 245 Å². The van der Waals surface area contributed by atoms with Crippen LogP contribution in [0.3, 0.4) is 0 Å². The van der Waals surface area contributed by atoms with Crippen LogP contribution in [0.1, 0.15) is 0 Å². The van der Waals surface area contributed by atoms with Crippen LogP contribution in [-0.2, 0) is 0 Å². The first-order valence-corrected chi connectivity index (χ1v) is 14.3. The van der Waals surface area contributed by atoms with Gasteiger partial charge in [-0.1, -0.05) is 90.5 Å². The van der Waals surface area contributed by atoms with E-state index < -0.39 is 0 Å². The lowest BCUT2D eigenvalue weighted by Crippen LogP contribution is -2.10. The van der Waals surface area contributed by atoms with E-state index in [0.717, 1.165) is 71.7 Å². The molecule has 0 atom stereocenters. The standard InChI is InChI=1S/C38H22ClNO2/c39-31-13-7-15-35-37(31)36-28-11-4-3-10-25(28)21-32(38(36)42-35)40(26-17-16-23-8-1-2-9-24(23)20-26)27-18-19-34-30(22-27)29-12-5-6-14-33(29)41-34/h1-22H. The number of para-hydroxylation sites is 1. The Bertz CT molecular complexity index is 2500. The zero-order valence-corrected chi connectivity index (χ0v) is 23.1. The normalized spacial score (nSPS) is 11.9. The van der Waals surface area contributed by atoms with Gasteiger partial charge in [0, 0.05) is 32.9 Å². The fourth-order valence-corrected chi connectivity index (χ4v) is 6.63. The SMILES string of the molecule is Clc1cccc2oc3c(N(c4ccc5ccccc5c4)c4ccc5oc6ccccc6c5c4)cc4ccccc4c3c12. The van der Waals surface area contributed by atoms with E-state index in [1.54, 1.807) is 0 Å². The second kappa shape index (κ2) is 8.87. The molecule has 9 aromatic rings. The number of fused-ring (bicyclic) bond motifs is 9. The van der Waals surface area contributed by atoms with E-state index in [9.17, 15) is 0 Å². The van der Waals surface area contributed by atoms with E-state index in [-0.39, 0.29) is 0 Å². The fourth-order valence-electron chi connectivity index (χ4n) is 6.37. The van der Waals surface area contributed by atoms with Crippen LogP contribution in [-0.4, -0.2) is 0 Å². The van der Waals surface area contributed by atoms with Crippen molar-refractivity contribution in [3.63, 3.8) is 0 Å². The molecule has 0 unspecified atom stereocenters. The Kier molecular flexibility index (Phi) is 4.96. The van der Waals surface area contributed by atoms with Crippen molar-refractivity contribution in [2.75, 3.05) is 4.90 Å². The van der Waals surface area contributed by atoms with Gasteiger partial charge in [0.25, 0.3) is 0 Å². The van der Waals surface area contributed by atoms with Crippen molar-refractivity contribution in [2.45, 2.75) is 0 Å². The summed E-state index contributed by atoms with van der Waals surface area (Å²) < 4.78 is 12.9. The summed E-state index contributed by atoms with van der Waals surface area (Å²) in [6, 6.07) is 46.1. The molecule has 0 aliphatic carbocycles. The molecule has 0 spiro atoms. The first-order valence-electron chi connectivity index (χ1n) is 14.0. The molecule has 7 aromatic carbocycles. The van der Waals surface area contributed by atoms with Crippen molar-refractivity contribution in [3.8, 4) is 0 Å². The van der Waals surface area contributed by atoms with Crippen LogP contribution in [0.2, 0.25) is 5.02 Å². The van der Waals surface area contributed by atoms with Gasteiger partial charge in [-0.15, -0.1) is 0 Å². The Morgan fingerprint density at radius 3 is 2.05 bits per heavy atom. The van der Waals surface area contributed by atoms with Gasteiger partial charge in [-0.25, -0.2) is 0 Å². The molecule has 9 rings (SSSR count). The molecular weight excluding hydrogens is 538 g/mol. The smallest absolute Gasteiger partial charge is 0.160 e. The number of furan rings is 2. The molecular formula is C38H22ClNO2. The second-order valence-corrected chi connectivity index (χ2v) is 11.1. The minimum atomic E-state index is 0.678. The Hall–Kier alpha value is -5.25. The van der Waals surface area contributed by atoms with Crippen LogP contribution in [0, 0.1) is 0 Å². The maximum absolute atomic E-state index is 6.83. The third-order valence-electron chi connectivity index (χ3n) is 8.27. The van der Waals surface area contributed by atoms with Crippen molar-refractivity contribution < 1.29 is 8.83 Å². The van der Waals surface area contributed by atoms with Gasteiger partial charge in [-0.05, 0) is 76.1 Å². The summed E-state index contributed by atoms with van der Waals surface area (Å²) in [6.45, 7) is 0. The lowest BCUT2D eigenvalue weighted by molar-refractivity contribution is 0.669. The zero-order valence-electron chi connectivity index (χ0n) is 22.3. The largest absolute Gasteiger partial charge is 0.456 e. The summed E-state index contributed by atoms with van der Waals surface area (Å²) in [7, 11) is 0. The van der Waals surface area contributed by atoms with Gasteiger partial charge in [-0.2, -0.15) is 0 Å². The molecule has 0 N–H and O–H groups in total. The molecule has 198 valence electrons. The number of nitrogens with zero attached hydrogens (tertiary/aromatic N) is 1. The quantitative estimate of drug-likeness (QED) is 0.215. The molecule has 3 nitrogen and oxygen atoms in total. The van der Waals surface area contributed by atoms with Crippen molar-refractivity contribution in [1.82, 2.24) is 0 Å². The minimum Gasteiger partial charge on any atom is -0.456 e. The maximum atomic E-state index is 6.83. The average molecular weight is 560 g/mol. The van der Waals surface area contributed by atoms with Gasteiger partial charge in [0.05, 0.1) is 10.7 Å². The molecule has 0 saturated heterocycles. The van der Waals surface area contributed by atoms with E-state index in [1.807, 2.05) is 30.3 Å². The fraction of sp³-hybridized carbons (Fsp3) is 0. The summed E-state index contributed by atoms with van der Waals surface area (Å²) in [6.07, 6.45) is 0. The van der Waals surface area contributed by atoms with Crippen LogP contribution in [0.15, 0.2) is 142 Å². The first kappa shape index (κ1) is 23.5. The van der Waals surface area contributed by atoms with Gasteiger partial charge in [-0.3, -0.25) is 0 Å². The number of anilines is 3. The van der Waals surface area contributed by atoms with Crippen LogP contribution in [0.4, 0.5) is 17.1 Å². The monoisotopic (exact) mass is 559 g/mol. The Morgan fingerprint density at radius 2 is 1.14 bits per heavy atom. The average Bonchev–Trinajstić information content (AvgIpc) is 3.61. The highest BCUT2D eigenvalue weighted by atomic mass is 35.5. The molecule has 0 fully saturated rings. The number of rotatable bonds is 3. The summed E-state index contributed by atoms with van der Waals surface area (Å²) in [5.41, 5.74) is 6.28. The lowest BCUT2D eigenvalue weighted by atomic mass is 10.0. The summed E-state index contributed by atoms with van der Waals surface area (Å²) in [5, 5.41) is 9.37. The van der Waals surface area contributed by atoms with E-state index in [0.29, 0.717) is 5.02 Å². The van der Waals surface area contributed by atoms with E-state index in [1.165, 1.54) is 10.8 Å². The maximum Gasteiger partial charge on any atom is 0.160 e. The van der Waals surface area contributed by atoms with Crippen molar-refractivity contribution in [2.24, 2.45) is 0 Å². The predicted molar refractivity (Wildman–Crippen MR) is 176 cm³/mol. The van der Waals surface area contributed by atoms with Crippen LogP contribution in [0.5, 0.6) is 0 Å². The van der Waals surface area contributed by atoms with E-state index in [4.69, 9.17) is 20.4 Å². The van der Waals surface area contributed by atoms with E-state index in [2.05, 4.69) is 108 Å². The summed E-state index contributed by atoms with van der Waals surface area (Å²) >= 11 is 6.83. The molecule has 42 heavy (non-hydrogen) atoms. The molecule has 0 radical (unpaired) electrons. The highest BCUT2D eigenvalue weighted by molar-refractivity contribution is 6.39. The van der Waals surface area contributed by atoms with Crippen LogP contribution >= 0.6 is 11.6 Å². The van der Waals surface area contributed by atoms with Gasteiger partial charge >= 0.3 is 0 Å². The number of hydrogen-bond donors (Lipinski definition) is 0. The Balaban J connectivity index is 1.42. The van der Waals surface area contributed by atoms with Crippen molar-refractivity contribution in [1.29, 1.82) is 0 Å². The van der Waals surface area contributed by atoms with Gasteiger partial charge < -0.3 is 13.7 Å². The molecule has 4 heteroatoms. The highest BCUT2D eigenvalue weighted by Crippen LogP contribution is 2.47. The van der Waals surface area contributed by atoms with Crippen LogP contribution < -0.4 is 4.90 Å². The molecule has 0 aliphatic heterocycles. The molecule has 2 aromatic heterocycles. The second-order valence-electron chi connectivity index (χ2n) is 10.7. The molecule has 0 amide bonds. The number of benzene rings is 7. The summed E-state index contributed by atoms with van der Waals surface area (Å²) in [5.74, 6) is 0. The Morgan fingerprint density at radius 1 is 0.452 bits per heavy atom. The van der Waals surface area contributed by atoms with Gasteiger partial charge in [0.15, 0.2) is 5.58 Å².